The van der Waals surface area contributed by atoms with Crippen molar-refractivity contribution < 1.29 is 10.3 Å². The molecule has 0 aliphatic heterocycles. The minimum Gasteiger partial charge on any atom is -0.409 e. The average Bonchev–Trinajstić information content (AvgIpc) is 2.43. The quantitative estimate of drug-likeness (QED) is 0.192. The zero-order chi connectivity index (χ0) is 14.1. The van der Waals surface area contributed by atoms with Crippen molar-refractivity contribution in [2.45, 2.75) is 25.8 Å². The molecule has 0 fully saturated rings. The SMILES string of the molecule is N/C(=N/O)c1ccc(CNCCCCCO)c(Cl)c1. The Morgan fingerprint density at radius 2 is 2.11 bits per heavy atom. The van der Waals surface area contributed by atoms with Gasteiger partial charge in [0.25, 0.3) is 0 Å². The first-order valence-corrected chi connectivity index (χ1v) is 6.64. The standard InChI is InChI=1S/C13H20ClN3O2/c14-12-8-10(13(15)17-19)4-5-11(12)9-16-6-2-1-3-7-18/h4-5,8,16,18-19H,1-3,6-7,9H2,(H2,15,17). The van der Waals surface area contributed by atoms with Crippen LogP contribution in [0.4, 0.5) is 0 Å². The van der Waals surface area contributed by atoms with Gasteiger partial charge in [-0.05, 0) is 37.4 Å². The first kappa shape index (κ1) is 15.8. The van der Waals surface area contributed by atoms with Gasteiger partial charge in [0.2, 0.25) is 0 Å². The summed E-state index contributed by atoms with van der Waals surface area (Å²) in [7, 11) is 0. The molecule has 1 aromatic rings. The van der Waals surface area contributed by atoms with Gasteiger partial charge in [-0.2, -0.15) is 0 Å². The van der Waals surface area contributed by atoms with Crippen LogP contribution in [0.5, 0.6) is 0 Å². The molecule has 0 unspecified atom stereocenters. The Morgan fingerprint density at radius 1 is 1.32 bits per heavy atom. The topological polar surface area (TPSA) is 90.9 Å². The highest BCUT2D eigenvalue weighted by Crippen LogP contribution is 2.17. The van der Waals surface area contributed by atoms with E-state index in [0.29, 0.717) is 17.1 Å². The van der Waals surface area contributed by atoms with Crippen molar-refractivity contribution in [1.29, 1.82) is 0 Å². The summed E-state index contributed by atoms with van der Waals surface area (Å²) in [5, 5.41) is 24.0. The third-order valence-electron chi connectivity index (χ3n) is 2.78. The van der Waals surface area contributed by atoms with E-state index in [1.807, 2.05) is 6.07 Å². The predicted octanol–water partition coefficient (Wildman–Crippen LogP) is 1.69. The Kier molecular flexibility index (Phi) is 7.25. The summed E-state index contributed by atoms with van der Waals surface area (Å²) in [5.74, 6) is 0.0467. The summed E-state index contributed by atoms with van der Waals surface area (Å²) in [5.41, 5.74) is 7.05. The Balaban J connectivity index is 2.43. The lowest BCUT2D eigenvalue weighted by Gasteiger charge is -2.08. The Hall–Kier alpha value is -1.30. The van der Waals surface area contributed by atoms with E-state index >= 15 is 0 Å². The number of aliphatic hydroxyl groups excluding tert-OH is 1. The molecule has 19 heavy (non-hydrogen) atoms. The predicted molar refractivity (Wildman–Crippen MR) is 76.6 cm³/mol. The van der Waals surface area contributed by atoms with Crippen molar-refractivity contribution in [3.63, 3.8) is 0 Å². The van der Waals surface area contributed by atoms with Gasteiger partial charge in [-0.25, -0.2) is 0 Å². The lowest BCUT2D eigenvalue weighted by atomic mass is 10.1. The van der Waals surface area contributed by atoms with Gasteiger partial charge in [-0.1, -0.05) is 28.9 Å². The fourth-order valence-electron chi connectivity index (χ4n) is 1.67. The number of rotatable bonds is 8. The number of nitrogens with one attached hydrogen (secondary N) is 1. The highest BCUT2D eigenvalue weighted by molar-refractivity contribution is 6.31. The Bertz CT molecular complexity index is 424. The number of halogens is 1. The van der Waals surface area contributed by atoms with E-state index in [1.165, 1.54) is 0 Å². The molecule has 0 aromatic heterocycles. The van der Waals surface area contributed by atoms with Crippen LogP contribution >= 0.6 is 11.6 Å². The molecule has 0 atom stereocenters. The van der Waals surface area contributed by atoms with Crippen molar-refractivity contribution in [2.24, 2.45) is 10.9 Å². The van der Waals surface area contributed by atoms with Gasteiger partial charge in [0.1, 0.15) is 0 Å². The van der Waals surface area contributed by atoms with Crippen molar-refractivity contribution in [3.05, 3.63) is 34.3 Å². The summed E-state index contributed by atoms with van der Waals surface area (Å²) < 4.78 is 0. The summed E-state index contributed by atoms with van der Waals surface area (Å²) in [4.78, 5) is 0. The highest BCUT2D eigenvalue weighted by Gasteiger charge is 2.04. The van der Waals surface area contributed by atoms with E-state index in [1.54, 1.807) is 12.1 Å². The van der Waals surface area contributed by atoms with Gasteiger partial charge in [-0.15, -0.1) is 0 Å². The molecule has 0 aliphatic rings. The van der Waals surface area contributed by atoms with E-state index in [0.717, 1.165) is 31.4 Å². The monoisotopic (exact) mass is 285 g/mol. The molecule has 5 nitrogen and oxygen atoms in total. The zero-order valence-electron chi connectivity index (χ0n) is 10.8. The molecule has 0 aliphatic carbocycles. The molecule has 1 aromatic carbocycles. The second-order valence-electron chi connectivity index (χ2n) is 4.25. The molecule has 0 saturated heterocycles. The van der Waals surface area contributed by atoms with Gasteiger partial charge in [-0.3, -0.25) is 0 Å². The van der Waals surface area contributed by atoms with Gasteiger partial charge >= 0.3 is 0 Å². The van der Waals surface area contributed by atoms with Crippen molar-refractivity contribution >= 4 is 17.4 Å². The Labute approximate surface area is 118 Å². The minimum atomic E-state index is 0.0467. The summed E-state index contributed by atoms with van der Waals surface area (Å²) in [6, 6.07) is 5.31. The summed E-state index contributed by atoms with van der Waals surface area (Å²) in [6.07, 6.45) is 2.89. The number of unbranched alkanes of at least 4 members (excludes halogenated alkanes) is 2. The van der Waals surface area contributed by atoms with Gasteiger partial charge < -0.3 is 21.4 Å². The van der Waals surface area contributed by atoms with E-state index in [2.05, 4.69) is 10.5 Å². The normalized spacial score (nSPS) is 11.8. The summed E-state index contributed by atoms with van der Waals surface area (Å²) in [6.45, 7) is 1.81. The highest BCUT2D eigenvalue weighted by atomic mass is 35.5. The van der Waals surface area contributed by atoms with Crippen LogP contribution in [-0.2, 0) is 6.54 Å². The van der Waals surface area contributed by atoms with E-state index in [4.69, 9.17) is 27.6 Å². The molecule has 106 valence electrons. The first-order valence-electron chi connectivity index (χ1n) is 6.27. The second-order valence-corrected chi connectivity index (χ2v) is 4.66. The van der Waals surface area contributed by atoms with Crippen LogP contribution < -0.4 is 11.1 Å². The van der Waals surface area contributed by atoms with Crippen LogP contribution in [0.2, 0.25) is 5.02 Å². The number of benzene rings is 1. The van der Waals surface area contributed by atoms with Gasteiger partial charge in [0, 0.05) is 23.7 Å². The van der Waals surface area contributed by atoms with Crippen LogP contribution in [-0.4, -0.2) is 29.3 Å². The van der Waals surface area contributed by atoms with Crippen molar-refractivity contribution in [3.8, 4) is 0 Å². The van der Waals surface area contributed by atoms with Gasteiger partial charge in [0.05, 0.1) is 0 Å². The minimum absolute atomic E-state index is 0.0467. The van der Waals surface area contributed by atoms with Crippen LogP contribution in [0.25, 0.3) is 0 Å². The molecule has 0 heterocycles. The van der Waals surface area contributed by atoms with E-state index in [-0.39, 0.29) is 12.4 Å². The number of hydrogen-bond donors (Lipinski definition) is 4. The van der Waals surface area contributed by atoms with E-state index < -0.39 is 0 Å². The molecular formula is C13H20ClN3O2. The van der Waals surface area contributed by atoms with E-state index in [9.17, 15) is 0 Å². The molecule has 6 heteroatoms. The second kappa shape index (κ2) is 8.74. The van der Waals surface area contributed by atoms with Crippen LogP contribution in [0, 0.1) is 0 Å². The number of amidine groups is 1. The lowest BCUT2D eigenvalue weighted by Crippen LogP contribution is -2.16. The lowest BCUT2D eigenvalue weighted by molar-refractivity contribution is 0.283. The number of nitrogens with zero attached hydrogens (tertiary/aromatic N) is 1. The molecule has 0 saturated carbocycles. The first-order chi connectivity index (χ1) is 9.19. The van der Waals surface area contributed by atoms with Crippen LogP contribution in [0.15, 0.2) is 23.4 Å². The van der Waals surface area contributed by atoms with Crippen LogP contribution in [0.1, 0.15) is 30.4 Å². The van der Waals surface area contributed by atoms with Gasteiger partial charge in [0.15, 0.2) is 5.84 Å². The molecule has 5 N–H and O–H groups in total. The number of oxime groups is 1. The number of aliphatic hydroxyl groups is 1. The molecule has 1 rings (SSSR count). The molecule has 0 radical (unpaired) electrons. The smallest absolute Gasteiger partial charge is 0.170 e. The maximum absolute atomic E-state index is 8.65. The fourth-order valence-corrected chi connectivity index (χ4v) is 1.92. The maximum atomic E-state index is 8.65. The summed E-state index contributed by atoms with van der Waals surface area (Å²) >= 11 is 6.13. The largest absolute Gasteiger partial charge is 0.409 e. The fraction of sp³-hybridized carbons (Fsp3) is 0.462. The van der Waals surface area contributed by atoms with Crippen LogP contribution in [0.3, 0.4) is 0 Å². The average molecular weight is 286 g/mol. The Morgan fingerprint density at radius 3 is 2.74 bits per heavy atom. The van der Waals surface area contributed by atoms with Crippen molar-refractivity contribution in [1.82, 2.24) is 5.32 Å². The number of nitrogens with two attached hydrogens (primary N) is 1. The molecular weight excluding hydrogens is 266 g/mol. The third kappa shape index (κ3) is 5.46. The molecule has 0 amide bonds. The third-order valence-corrected chi connectivity index (χ3v) is 3.14. The number of hydrogen-bond acceptors (Lipinski definition) is 4. The van der Waals surface area contributed by atoms with Crippen molar-refractivity contribution in [2.75, 3.05) is 13.2 Å². The molecule has 0 spiro atoms. The zero-order valence-corrected chi connectivity index (χ0v) is 11.5. The maximum Gasteiger partial charge on any atom is 0.170 e. The molecule has 0 bridgehead atoms.